The molecule has 2 rings (SSSR count). The Labute approximate surface area is 139 Å². The van der Waals surface area contributed by atoms with Crippen LogP contribution in [0, 0.1) is 5.92 Å². The Balaban J connectivity index is 2.06. The number of aromatic hydroxyl groups is 1. The lowest BCUT2D eigenvalue weighted by molar-refractivity contribution is 0.308. The minimum atomic E-state index is 0.242. The lowest BCUT2D eigenvalue weighted by atomic mass is 9.86. The van der Waals surface area contributed by atoms with Crippen molar-refractivity contribution >= 4 is 11.6 Å². The Hall–Kier alpha value is -1.75. The predicted octanol–water partition coefficient (Wildman–Crippen LogP) is 2.89. The van der Waals surface area contributed by atoms with E-state index < -0.39 is 0 Å². The zero-order valence-corrected chi connectivity index (χ0v) is 14.5. The molecule has 1 aromatic rings. The highest BCUT2D eigenvalue weighted by Crippen LogP contribution is 2.25. The van der Waals surface area contributed by atoms with Gasteiger partial charge in [-0.3, -0.25) is 4.99 Å². The molecule has 128 valence electrons. The maximum atomic E-state index is 9.98. The van der Waals surface area contributed by atoms with Crippen molar-refractivity contribution in [1.29, 1.82) is 0 Å². The molecule has 0 bridgehead atoms. The van der Waals surface area contributed by atoms with E-state index in [2.05, 4.69) is 27.4 Å². The molecule has 0 heterocycles. The molecule has 23 heavy (non-hydrogen) atoms. The molecule has 1 fully saturated rings. The van der Waals surface area contributed by atoms with Gasteiger partial charge in [0, 0.05) is 12.6 Å². The SMILES string of the molecule is CC1CCCCC1NC(=NCCN(C)C)Nc1ccccc1O. The molecule has 5 heteroatoms. The zero-order chi connectivity index (χ0) is 16.7. The summed E-state index contributed by atoms with van der Waals surface area (Å²) >= 11 is 0. The number of phenolic OH excluding ortho intramolecular Hbond substituents is 1. The molecule has 1 aromatic carbocycles. The van der Waals surface area contributed by atoms with Gasteiger partial charge in [0.15, 0.2) is 5.96 Å². The van der Waals surface area contributed by atoms with Crippen LogP contribution in [0.25, 0.3) is 0 Å². The first-order chi connectivity index (χ1) is 11.1. The molecule has 1 aliphatic carbocycles. The lowest BCUT2D eigenvalue weighted by Crippen LogP contribution is -2.44. The van der Waals surface area contributed by atoms with Gasteiger partial charge in [0.25, 0.3) is 0 Å². The number of rotatable bonds is 5. The molecular formula is C18H30N4O. The van der Waals surface area contributed by atoms with Crippen LogP contribution in [0.4, 0.5) is 5.69 Å². The highest BCUT2D eigenvalue weighted by atomic mass is 16.3. The van der Waals surface area contributed by atoms with Gasteiger partial charge in [0.05, 0.1) is 12.2 Å². The molecule has 1 aliphatic rings. The number of hydrogen-bond acceptors (Lipinski definition) is 3. The van der Waals surface area contributed by atoms with Crippen molar-refractivity contribution in [2.24, 2.45) is 10.9 Å². The molecule has 0 saturated heterocycles. The molecule has 0 amide bonds. The first-order valence-corrected chi connectivity index (χ1v) is 8.57. The molecule has 5 nitrogen and oxygen atoms in total. The number of nitrogens with one attached hydrogen (secondary N) is 2. The molecule has 2 atom stereocenters. The van der Waals surface area contributed by atoms with Gasteiger partial charge in [0.1, 0.15) is 5.75 Å². The van der Waals surface area contributed by atoms with E-state index in [-0.39, 0.29) is 5.75 Å². The van der Waals surface area contributed by atoms with Crippen LogP contribution in [-0.4, -0.2) is 49.2 Å². The summed E-state index contributed by atoms with van der Waals surface area (Å²) in [5, 5.41) is 16.8. The number of guanidine groups is 1. The van der Waals surface area contributed by atoms with Crippen molar-refractivity contribution in [2.75, 3.05) is 32.5 Å². The third kappa shape index (κ3) is 5.75. The third-order valence-corrected chi connectivity index (χ3v) is 4.41. The fourth-order valence-electron chi connectivity index (χ4n) is 2.90. The average molecular weight is 318 g/mol. The van der Waals surface area contributed by atoms with E-state index >= 15 is 0 Å². The van der Waals surface area contributed by atoms with E-state index in [4.69, 9.17) is 0 Å². The van der Waals surface area contributed by atoms with Gasteiger partial charge in [-0.25, -0.2) is 0 Å². The number of aliphatic imine (C=N–C) groups is 1. The fourth-order valence-corrected chi connectivity index (χ4v) is 2.90. The van der Waals surface area contributed by atoms with Gasteiger partial charge in [-0.15, -0.1) is 0 Å². The summed E-state index contributed by atoms with van der Waals surface area (Å²) < 4.78 is 0. The van der Waals surface area contributed by atoms with Crippen LogP contribution in [0.2, 0.25) is 0 Å². The second-order valence-electron chi connectivity index (χ2n) is 6.69. The highest BCUT2D eigenvalue weighted by Gasteiger charge is 2.22. The number of nitrogens with zero attached hydrogens (tertiary/aromatic N) is 2. The number of benzene rings is 1. The van der Waals surface area contributed by atoms with Gasteiger partial charge < -0.3 is 20.6 Å². The summed E-state index contributed by atoms with van der Waals surface area (Å²) in [6.45, 7) is 3.92. The molecule has 1 saturated carbocycles. The Kier molecular flexibility index (Phi) is 6.71. The van der Waals surface area contributed by atoms with Crippen molar-refractivity contribution in [3.63, 3.8) is 0 Å². The molecule has 2 unspecified atom stereocenters. The van der Waals surface area contributed by atoms with Crippen LogP contribution in [0.3, 0.4) is 0 Å². The normalized spacial score (nSPS) is 22.2. The Morgan fingerprint density at radius 3 is 2.70 bits per heavy atom. The first kappa shape index (κ1) is 17.6. The van der Waals surface area contributed by atoms with Gasteiger partial charge in [-0.1, -0.05) is 31.9 Å². The fraction of sp³-hybridized carbons (Fsp3) is 0.611. The average Bonchev–Trinajstić information content (AvgIpc) is 2.51. The lowest BCUT2D eigenvalue weighted by Gasteiger charge is -2.31. The minimum absolute atomic E-state index is 0.242. The van der Waals surface area contributed by atoms with Crippen molar-refractivity contribution in [3.8, 4) is 5.75 Å². The molecule has 0 aromatic heterocycles. The molecule has 0 spiro atoms. The summed E-state index contributed by atoms with van der Waals surface area (Å²) in [5.41, 5.74) is 0.687. The van der Waals surface area contributed by atoms with Crippen molar-refractivity contribution in [1.82, 2.24) is 10.2 Å². The summed E-state index contributed by atoms with van der Waals surface area (Å²) in [6.07, 6.45) is 5.03. The molecule has 0 aliphatic heterocycles. The summed E-state index contributed by atoms with van der Waals surface area (Å²) in [4.78, 5) is 6.79. The van der Waals surface area contributed by atoms with E-state index in [0.29, 0.717) is 17.6 Å². The van der Waals surface area contributed by atoms with Crippen LogP contribution < -0.4 is 10.6 Å². The Morgan fingerprint density at radius 2 is 2.00 bits per heavy atom. The number of phenols is 1. The monoisotopic (exact) mass is 318 g/mol. The van der Waals surface area contributed by atoms with E-state index in [1.165, 1.54) is 25.7 Å². The smallest absolute Gasteiger partial charge is 0.196 e. The second-order valence-corrected chi connectivity index (χ2v) is 6.69. The summed E-state index contributed by atoms with van der Waals surface area (Å²) in [7, 11) is 4.09. The highest BCUT2D eigenvalue weighted by molar-refractivity contribution is 5.95. The van der Waals surface area contributed by atoms with E-state index in [0.717, 1.165) is 19.0 Å². The number of likely N-dealkylation sites (N-methyl/N-ethyl adjacent to an activating group) is 1. The first-order valence-electron chi connectivity index (χ1n) is 8.57. The molecule has 0 radical (unpaired) electrons. The number of anilines is 1. The van der Waals surface area contributed by atoms with Crippen molar-refractivity contribution in [3.05, 3.63) is 24.3 Å². The third-order valence-electron chi connectivity index (χ3n) is 4.41. The Morgan fingerprint density at radius 1 is 1.26 bits per heavy atom. The molecule has 3 N–H and O–H groups in total. The topological polar surface area (TPSA) is 59.9 Å². The minimum Gasteiger partial charge on any atom is -0.506 e. The van der Waals surface area contributed by atoms with Gasteiger partial charge >= 0.3 is 0 Å². The van der Waals surface area contributed by atoms with E-state index in [1.54, 1.807) is 6.07 Å². The summed E-state index contributed by atoms with van der Waals surface area (Å²) in [6, 6.07) is 7.72. The van der Waals surface area contributed by atoms with E-state index in [9.17, 15) is 5.11 Å². The van der Waals surface area contributed by atoms with Gasteiger partial charge in [-0.05, 0) is 45.0 Å². The van der Waals surface area contributed by atoms with Crippen molar-refractivity contribution in [2.45, 2.75) is 38.6 Å². The largest absolute Gasteiger partial charge is 0.506 e. The van der Waals surface area contributed by atoms with Crippen LogP contribution in [0.5, 0.6) is 5.75 Å². The van der Waals surface area contributed by atoms with Crippen LogP contribution >= 0.6 is 0 Å². The van der Waals surface area contributed by atoms with Crippen molar-refractivity contribution < 1.29 is 5.11 Å². The number of para-hydroxylation sites is 2. The van der Waals surface area contributed by atoms with Crippen LogP contribution in [-0.2, 0) is 0 Å². The quantitative estimate of drug-likeness (QED) is 0.444. The van der Waals surface area contributed by atoms with Gasteiger partial charge in [0.2, 0.25) is 0 Å². The van der Waals surface area contributed by atoms with E-state index in [1.807, 2.05) is 32.3 Å². The van der Waals surface area contributed by atoms with Gasteiger partial charge in [-0.2, -0.15) is 0 Å². The second kappa shape index (κ2) is 8.77. The summed E-state index contributed by atoms with van der Waals surface area (Å²) in [5.74, 6) is 1.65. The number of hydrogen-bond donors (Lipinski definition) is 3. The zero-order valence-electron chi connectivity index (χ0n) is 14.5. The van der Waals surface area contributed by atoms with Crippen LogP contribution in [0.1, 0.15) is 32.6 Å². The Bertz CT molecular complexity index is 515. The maximum absolute atomic E-state index is 9.98. The van der Waals surface area contributed by atoms with Crippen LogP contribution in [0.15, 0.2) is 29.3 Å². The standard InChI is InChI=1S/C18H30N4O/c1-14-8-4-5-9-15(14)20-18(19-12-13-22(2)3)21-16-10-6-7-11-17(16)23/h6-7,10-11,14-15,23H,4-5,8-9,12-13H2,1-3H3,(H2,19,20,21). The maximum Gasteiger partial charge on any atom is 0.196 e. The molecular weight excluding hydrogens is 288 g/mol. The predicted molar refractivity (Wildman–Crippen MR) is 97.1 cm³/mol.